The van der Waals surface area contributed by atoms with Gasteiger partial charge < -0.3 is 5.32 Å². The topological polar surface area (TPSA) is 68.1 Å². The SMILES string of the molecule is CCC(C)CC(C)Nc1cc([N+](=O)[O-])ccn1. The summed E-state index contributed by atoms with van der Waals surface area (Å²) >= 11 is 0. The highest BCUT2D eigenvalue weighted by molar-refractivity contribution is 5.44. The quantitative estimate of drug-likeness (QED) is 0.609. The van der Waals surface area contributed by atoms with E-state index >= 15 is 0 Å². The highest BCUT2D eigenvalue weighted by Crippen LogP contribution is 2.17. The lowest BCUT2D eigenvalue weighted by Crippen LogP contribution is -2.18. The molecule has 0 fully saturated rings. The molecule has 0 amide bonds. The van der Waals surface area contributed by atoms with Crippen molar-refractivity contribution in [2.75, 3.05) is 5.32 Å². The van der Waals surface area contributed by atoms with Crippen LogP contribution in [0.15, 0.2) is 18.3 Å². The molecule has 0 saturated heterocycles. The zero-order valence-electron chi connectivity index (χ0n) is 10.5. The summed E-state index contributed by atoms with van der Waals surface area (Å²) in [6.07, 6.45) is 3.62. The molecule has 2 unspecified atom stereocenters. The van der Waals surface area contributed by atoms with E-state index in [-0.39, 0.29) is 11.7 Å². The molecule has 0 aromatic carbocycles. The largest absolute Gasteiger partial charge is 0.367 e. The Hall–Kier alpha value is -1.65. The van der Waals surface area contributed by atoms with Crippen molar-refractivity contribution in [2.24, 2.45) is 5.92 Å². The summed E-state index contributed by atoms with van der Waals surface area (Å²) in [6, 6.07) is 3.12. The molecule has 0 aliphatic rings. The van der Waals surface area contributed by atoms with Crippen LogP contribution in [0.3, 0.4) is 0 Å². The van der Waals surface area contributed by atoms with Crippen molar-refractivity contribution in [3.05, 3.63) is 28.4 Å². The molecule has 17 heavy (non-hydrogen) atoms. The molecular formula is C12H19N3O2. The maximum absolute atomic E-state index is 10.6. The van der Waals surface area contributed by atoms with E-state index in [2.05, 4.69) is 31.1 Å². The molecule has 0 saturated carbocycles. The lowest BCUT2D eigenvalue weighted by atomic mass is 10.0. The number of nitro groups is 1. The molecule has 0 radical (unpaired) electrons. The van der Waals surface area contributed by atoms with E-state index in [1.807, 2.05) is 0 Å². The van der Waals surface area contributed by atoms with Crippen molar-refractivity contribution in [2.45, 2.75) is 39.7 Å². The first kappa shape index (κ1) is 13.4. The summed E-state index contributed by atoms with van der Waals surface area (Å²) in [5.41, 5.74) is 0.0678. The van der Waals surface area contributed by atoms with E-state index in [4.69, 9.17) is 0 Å². The minimum atomic E-state index is -0.411. The lowest BCUT2D eigenvalue weighted by Gasteiger charge is -2.17. The van der Waals surface area contributed by atoms with E-state index in [0.717, 1.165) is 12.8 Å². The van der Waals surface area contributed by atoms with Gasteiger partial charge in [0.05, 0.1) is 11.0 Å². The van der Waals surface area contributed by atoms with Gasteiger partial charge in [0, 0.05) is 18.3 Å². The van der Waals surface area contributed by atoms with Gasteiger partial charge >= 0.3 is 0 Å². The Kier molecular flexibility index (Phi) is 4.87. The van der Waals surface area contributed by atoms with Crippen LogP contribution in [-0.2, 0) is 0 Å². The van der Waals surface area contributed by atoms with Crippen LogP contribution in [0, 0.1) is 16.0 Å². The van der Waals surface area contributed by atoms with Crippen LogP contribution in [-0.4, -0.2) is 15.9 Å². The average molecular weight is 237 g/mol. The molecule has 1 aromatic heterocycles. The Balaban J connectivity index is 2.62. The fraction of sp³-hybridized carbons (Fsp3) is 0.583. The van der Waals surface area contributed by atoms with Gasteiger partial charge in [-0.2, -0.15) is 0 Å². The Morgan fingerprint density at radius 3 is 2.82 bits per heavy atom. The Morgan fingerprint density at radius 1 is 1.53 bits per heavy atom. The highest BCUT2D eigenvalue weighted by Gasteiger charge is 2.10. The Morgan fingerprint density at radius 2 is 2.24 bits per heavy atom. The standard InChI is InChI=1S/C12H19N3O2/c1-4-9(2)7-10(3)14-12-8-11(15(16)17)5-6-13-12/h5-6,8-10H,4,7H2,1-3H3,(H,13,14). The van der Waals surface area contributed by atoms with Gasteiger partial charge in [-0.1, -0.05) is 20.3 Å². The second-order valence-electron chi connectivity index (χ2n) is 4.45. The van der Waals surface area contributed by atoms with Gasteiger partial charge in [-0.25, -0.2) is 4.98 Å². The normalized spacial score (nSPS) is 14.1. The number of hydrogen-bond donors (Lipinski definition) is 1. The van der Waals surface area contributed by atoms with Gasteiger partial charge in [0.25, 0.3) is 5.69 Å². The predicted octanol–water partition coefficient (Wildman–Crippen LogP) is 3.23. The van der Waals surface area contributed by atoms with Crippen LogP contribution in [0.4, 0.5) is 11.5 Å². The summed E-state index contributed by atoms with van der Waals surface area (Å²) < 4.78 is 0. The lowest BCUT2D eigenvalue weighted by molar-refractivity contribution is -0.384. The van der Waals surface area contributed by atoms with Crippen molar-refractivity contribution in [3.8, 4) is 0 Å². The van der Waals surface area contributed by atoms with Gasteiger partial charge in [-0.15, -0.1) is 0 Å². The third-order valence-electron chi connectivity index (χ3n) is 2.80. The monoisotopic (exact) mass is 237 g/mol. The summed E-state index contributed by atoms with van der Waals surface area (Å²) in [6.45, 7) is 6.41. The summed E-state index contributed by atoms with van der Waals surface area (Å²) in [7, 11) is 0. The minimum absolute atomic E-state index is 0.0678. The third-order valence-corrected chi connectivity index (χ3v) is 2.80. The molecule has 1 aromatic rings. The number of aromatic nitrogens is 1. The molecule has 0 spiro atoms. The summed E-state index contributed by atoms with van der Waals surface area (Å²) in [5.74, 6) is 1.20. The van der Waals surface area contributed by atoms with Gasteiger partial charge in [0.15, 0.2) is 0 Å². The average Bonchev–Trinajstić information content (AvgIpc) is 2.28. The van der Waals surface area contributed by atoms with E-state index in [9.17, 15) is 10.1 Å². The molecule has 5 heteroatoms. The molecular weight excluding hydrogens is 218 g/mol. The van der Waals surface area contributed by atoms with Crippen molar-refractivity contribution in [3.63, 3.8) is 0 Å². The van der Waals surface area contributed by atoms with Crippen LogP contribution in [0.2, 0.25) is 0 Å². The maximum atomic E-state index is 10.6. The minimum Gasteiger partial charge on any atom is -0.367 e. The molecule has 1 rings (SSSR count). The van der Waals surface area contributed by atoms with Crippen LogP contribution < -0.4 is 5.32 Å². The van der Waals surface area contributed by atoms with Gasteiger partial charge in [0.1, 0.15) is 5.82 Å². The third kappa shape index (κ3) is 4.38. The first-order valence-electron chi connectivity index (χ1n) is 5.90. The number of anilines is 1. The molecule has 94 valence electrons. The Labute approximate surface area is 101 Å². The van der Waals surface area contributed by atoms with Crippen LogP contribution in [0.1, 0.15) is 33.6 Å². The maximum Gasteiger partial charge on any atom is 0.274 e. The summed E-state index contributed by atoms with van der Waals surface area (Å²) in [5, 5.41) is 13.8. The van der Waals surface area contributed by atoms with Crippen LogP contribution in [0.5, 0.6) is 0 Å². The molecule has 1 N–H and O–H groups in total. The number of hydrogen-bond acceptors (Lipinski definition) is 4. The van der Waals surface area contributed by atoms with Crippen molar-refractivity contribution >= 4 is 11.5 Å². The van der Waals surface area contributed by atoms with E-state index in [0.29, 0.717) is 11.7 Å². The van der Waals surface area contributed by atoms with E-state index in [1.165, 1.54) is 18.3 Å². The smallest absolute Gasteiger partial charge is 0.274 e. The fourth-order valence-electron chi connectivity index (χ4n) is 1.69. The molecule has 0 aliphatic heterocycles. The van der Waals surface area contributed by atoms with Crippen LogP contribution in [0.25, 0.3) is 0 Å². The zero-order valence-corrected chi connectivity index (χ0v) is 10.5. The van der Waals surface area contributed by atoms with E-state index in [1.54, 1.807) is 0 Å². The molecule has 2 atom stereocenters. The second-order valence-corrected chi connectivity index (χ2v) is 4.45. The first-order valence-corrected chi connectivity index (χ1v) is 5.90. The second kappa shape index (κ2) is 6.18. The fourth-order valence-corrected chi connectivity index (χ4v) is 1.69. The zero-order chi connectivity index (χ0) is 12.8. The first-order chi connectivity index (χ1) is 8.02. The summed E-state index contributed by atoms with van der Waals surface area (Å²) in [4.78, 5) is 14.3. The number of rotatable bonds is 6. The van der Waals surface area contributed by atoms with Gasteiger partial charge in [-0.3, -0.25) is 10.1 Å². The van der Waals surface area contributed by atoms with Crippen LogP contribution >= 0.6 is 0 Å². The number of pyridine rings is 1. The molecule has 0 aliphatic carbocycles. The number of nitrogens with one attached hydrogen (secondary N) is 1. The highest BCUT2D eigenvalue weighted by atomic mass is 16.6. The van der Waals surface area contributed by atoms with Crippen molar-refractivity contribution < 1.29 is 4.92 Å². The predicted molar refractivity (Wildman–Crippen MR) is 68.0 cm³/mol. The molecule has 0 bridgehead atoms. The van der Waals surface area contributed by atoms with Gasteiger partial charge in [0.2, 0.25) is 0 Å². The van der Waals surface area contributed by atoms with Crippen molar-refractivity contribution in [1.29, 1.82) is 0 Å². The van der Waals surface area contributed by atoms with E-state index < -0.39 is 4.92 Å². The number of nitrogens with zero attached hydrogens (tertiary/aromatic N) is 2. The Bertz CT molecular complexity index is 382. The molecule has 5 nitrogen and oxygen atoms in total. The molecule has 1 heterocycles. The van der Waals surface area contributed by atoms with Gasteiger partial charge in [-0.05, 0) is 19.3 Å². The van der Waals surface area contributed by atoms with Crippen molar-refractivity contribution in [1.82, 2.24) is 4.98 Å².